The van der Waals surface area contributed by atoms with Crippen LogP contribution in [0.2, 0.25) is 0 Å². The van der Waals surface area contributed by atoms with Crippen molar-refractivity contribution in [2.24, 2.45) is 5.92 Å². The minimum Gasteiger partial charge on any atom is -0.461 e. The Morgan fingerprint density at radius 1 is 1.19 bits per heavy atom. The summed E-state index contributed by atoms with van der Waals surface area (Å²) in [4.78, 5) is 53.3. The molecule has 3 fully saturated rings. The molecule has 0 saturated carbocycles. The van der Waals surface area contributed by atoms with Crippen LogP contribution in [-0.4, -0.2) is 71.2 Å². The van der Waals surface area contributed by atoms with Crippen molar-refractivity contribution in [2.75, 3.05) is 12.5 Å². The number of hydrogen-bond acceptors (Lipinski definition) is 7. The van der Waals surface area contributed by atoms with Gasteiger partial charge >= 0.3 is 18.0 Å². The predicted molar refractivity (Wildman–Crippen MR) is 163 cm³/mol. The molecule has 1 aromatic carbocycles. The molecule has 3 saturated heterocycles. The number of esters is 2. The first kappa shape index (κ1) is 32.7. The summed E-state index contributed by atoms with van der Waals surface area (Å²) in [5, 5.41) is 3.05. The van der Waals surface area contributed by atoms with E-state index in [0.29, 0.717) is 38.5 Å². The number of ketones is 1. The Morgan fingerprint density at radius 2 is 1.98 bits per heavy atom. The Morgan fingerprint density at radius 3 is 2.70 bits per heavy atom. The maximum absolute atomic E-state index is 13.7. The van der Waals surface area contributed by atoms with Crippen LogP contribution in [0, 0.1) is 5.92 Å². The van der Waals surface area contributed by atoms with Crippen LogP contribution in [0.4, 0.5) is 4.79 Å². The van der Waals surface area contributed by atoms with Gasteiger partial charge in [0.25, 0.3) is 0 Å². The molecule has 9 nitrogen and oxygen atoms in total. The van der Waals surface area contributed by atoms with Crippen molar-refractivity contribution in [1.29, 1.82) is 0 Å². The summed E-state index contributed by atoms with van der Waals surface area (Å²) in [6.45, 7) is 3.96. The maximum Gasteiger partial charge on any atom is 0.321 e. The van der Waals surface area contributed by atoms with Crippen molar-refractivity contribution in [2.45, 2.75) is 102 Å². The maximum atomic E-state index is 13.7. The summed E-state index contributed by atoms with van der Waals surface area (Å²) in [6.07, 6.45) is 11.9. The first-order valence-electron chi connectivity index (χ1n) is 15.4. The number of hydrogen-bond donors (Lipinski definition) is 1. The second-order valence-corrected chi connectivity index (χ2v) is 11.8. The van der Waals surface area contributed by atoms with E-state index in [1.165, 1.54) is 0 Å². The van der Waals surface area contributed by atoms with Crippen molar-refractivity contribution in [3.63, 3.8) is 0 Å². The lowest BCUT2D eigenvalue weighted by molar-refractivity contribution is -0.203. The van der Waals surface area contributed by atoms with Crippen molar-refractivity contribution in [1.82, 2.24) is 10.2 Å². The van der Waals surface area contributed by atoms with Gasteiger partial charge < -0.3 is 24.4 Å². The first-order valence-corrected chi connectivity index (χ1v) is 15.9. The Kier molecular flexibility index (Phi) is 11.8. The zero-order chi connectivity index (χ0) is 30.8. The Balaban J connectivity index is 1.39. The van der Waals surface area contributed by atoms with Crippen molar-refractivity contribution in [3.05, 3.63) is 54.1 Å². The molecular formula is C33H43ClN2O7. The zero-order valence-corrected chi connectivity index (χ0v) is 25.8. The van der Waals surface area contributed by atoms with Crippen LogP contribution in [0.3, 0.4) is 0 Å². The van der Waals surface area contributed by atoms with Gasteiger partial charge in [-0.05, 0) is 69.6 Å². The van der Waals surface area contributed by atoms with Crippen LogP contribution in [0.25, 0.3) is 6.08 Å². The molecule has 43 heavy (non-hydrogen) atoms. The van der Waals surface area contributed by atoms with Gasteiger partial charge in [0.2, 0.25) is 0 Å². The molecule has 1 spiro atoms. The van der Waals surface area contributed by atoms with Crippen molar-refractivity contribution in [3.8, 4) is 0 Å². The monoisotopic (exact) mass is 614 g/mol. The third-order valence-corrected chi connectivity index (χ3v) is 8.66. The number of benzene rings is 1. The lowest BCUT2D eigenvalue weighted by Crippen LogP contribution is -2.72. The van der Waals surface area contributed by atoms with Gasteiger partial charge in [-0.25, -0.2) is 4.79 Å². The minimum absolute atomic E-state index is 0.0295. The number of amides is 2. The topological polar surface area (TPSA) is 111 Å². The average molecular weight is 615 g/mol. The number of urea groups is 1. The van der Waals surface area contributed by atoms with Gasteiger partial charge in [0, 0.05) is 18.9 Å². The van der Waals surface area contributed by atoms with E-state index in [1.54, 1.807) is 17.1 Å². The van der Waals surface area contributed by atoms with E-state index in [-0.39, 0.29) is 49.0 Å². The third-order valence-electron chi connectivity index (χ3n) is 8.44. The van der Waals surface area contributed by atoms with Gasteiger partial charge in [-0.3, -0.25) is 14.4 Å². The second kappa shape index (κ2) is 15.5. The number of nitrogens with one attached hydrogen (secondary N) is 1. The number of fused-ring (bicyclic) bond motifs is 1. The molecule has 4 rings (SSSR count). The average Bonchev–Trinajstić information content (AvgIpc) is 3.40. The SMILES string of the molecule is CC[C@@H](/C=C\CCC(=O)C[C@@H]1CC[C@@H]2C(C(=O)OC/C=C/c3ccccc3)[C@]3(CCC[C@@H](C)O3)NC(=O)N12)OC(=O)CCl. The number of alkyl halides is 1. The highest BCUT2D eigenvalue weighted by atomic mass is 35.5. The van der Waals surface area contributed by atoms with E-state index in [2.05, 4.69) is 5.32 Å². The number of allylic oxidation sites excluding steroid dienone is 1. The molecule has 234 valence electrons. The largest absolute Gasteiger partial charge is 0.461 e. The van der Waals surface area contributed by atoms with Crippen LogP contribution in [0.5, 0.6) is 0 Å². The molecule has 3 aliphatic rings. The molecule has 0 aliphatic carbocycles. The highest BCUT2D eigenvalue weighted by Crippen LogP contribution is 2.45. The fourth-order valence-corrected chi connectivity index (χ4v) is 6.54. The van der Waals surface area contributed by atoms with Gasteiger partial charge in [-0.1, -0.05) is 49.4 Å². The Bertz CT molecular complexity index is 1190. The van der Waals surface area contributed by atoms with Crippen molar-refractivity contribution < 1.29 is 33.4 Å². The normalized spacial score (nSPS) is 27.7. The highest BCUT2D eigenvalue weighted by molar-refractivity contribution is 6.26. The first-order chi connectivity index (χ1) is 20.8. The van der Waals surface area contributed by atoms with Gasteiger partial charge in [0.05, 0.1) is 12.1 Å². The molecule has 1 unspecified atom stereocenters. The van der Waals surface area contributed by atoms with E-state index < -0.39 is 29.6 Å². The van der Waals surface area contributed by atoms with E-state index in [9.17, 15) is 19.2 Å². The van der Waals surface area contributed by atoms with E-state index in [4.69, 9.17) is 25.8 Å². The molecule has 6 atom stereocenters. The lowest BCUT2D eigenvalue weighted by Gasteiger charge is -2.52. The molecule has 2 amide bonds. The summed E-state index contributed by atoms with van der Waals surface area (Å²) in [6, 6.07) is 8.75. The van der Waals surface area contributed by atoms with Gasteiger partial charge in [0.15, 0.2) is 5.72 Å². The summed E-state index contributed by atoms with van der Waals surface area (Å²) < 4.78 is 17.3. The summed E-state index contributed by atoms with van der Waals surface area (Å²) >= 11 is 5.51. The van der Waals surface area contributed by atoms with Crippen LogP contribution in [-0.2, 0) is 28.6 Å². The molecule has 0 radical (unpaired) electrons. The number of rotatable bonds is 13. The fourth-order valence-electron chi connectivity index (χ4n) is 6.47. The fraction of sp³-hybridized carbons (Fsp3) is 0.576. The van der Waals surface area contributed by atoms with Crippen molar-refractivity contribution >= 4 is 41.4 Å². The van der Waals surface area contributed by atoms with Crippen LogP contribution in [0.15, 0.2) is 48.6 Å². The minimum atomic E-state index is -1.12. The number of halogens is 1. The molecule has 0 bridgehead atoms. The molecule has 1 aromatic rings. The lowest BCUT2D eigenvalue weighted by atomic mass is 9.80. The predicted octanol–water partition coefficient (Wildman–Crippen LogP) is 5.56. The number of carbonyl (C=O) groups is 4. The molecule has 10 heteroatoms. The zero-order valence-electron chi connectivity index (χ0n) is 25.0. The van der Waals surface area contributed by atoms with Gasteiger partial charge in [-0.2, -0.15) is 0 Å². The molecule has 3 heterocycles. The van der Waals surface area contributed by atoms with Crippen LogP contribution in [0.1, 0.15) is 77.2 Å². The van der Waals surface area contributed by atoms with Gasteiger partial charge in [0.1, 0.15) is 30.3 Å². The van der Waals surface area contributed by atoms with E-state index in [0.717, 1.165) is 18.4 Å². The molecule has 1 N–H and O–H groups in total. The smallest absolute Gasteiger partial charge is 0.321 e. The summed E-state index contributed by atoms with van der Waals surface area (Å²) in [7, 11) is 0. The molecule has 3 aliphatic heterocycles. The molecular weight excluding hydrogens is 572 g/mol. The highest BCUT2D eigenvalue weighted by Gasteiger charge is 2.60. The summed E-state index contributed by atoms with van der Waals surface area (Å²) in [5.74, 6) is -1.76. The van der Waals surface area contributed by atoms with Crippen LogP contribution < -0.4 is 5.32 Å². The second-order valence-electron chi connectivity index (χ2n) is 11.5. The number of carbonyl (C=O) groups excluding carboxylic acids is 4. The third kappa shape index (κ3) is 8.48. The quantitative estimate of drug-likeness (QED) is 0.176. The van der Waals surface area contributed by atoms with E-state index >= 15 is 0 Å². The van der Waals surface area contributed by atoms with Crippen LogP contribution >= 0.6 is 11.6 Å². The number of ether oxygens (including phenoxy) is 3. The number of Topliss-reactive ketones (excluding diaryl/α,β-unsaturated/α-hetero) is 1. The van der Waals surface area contributed by atoms with Gasteiger partial charge in [-0.15, -0.1) is 11.6 Å². The summed E-state index contributed by atoms with van der Waals surface area (Å²) in [5.41, 5.74) is -0.114. The Hall–Kier alpha value is -3.17. The Labute approximate surface area is 258 Å². The number of nitrogens with zero attached hydrogens (tertiary/aromatic N) is 1. The van der Waals surface area contributed by atoms with E-state index in [1.807, 2.05) is 56.3 Å². The standard InChI is InChI=1S/C33H43ClN2O7/c1-3-27(42-29(38)22-34)16-8-7-15-26(37)21-25-17-18-28-30(31(39)41-20-10-14-24-12-5-4-6-13-24)33(35-32(40)36(25)28)19-9-11-23(2)43-33/h4-6,8,10,12-14,16,23,25,27-28,30H,3,7,9,11,15,17-22H2,1-2H3,(H,35,40)/b14-10+,16-8-/t23-,25+,27+,28-,30?,33-/m1/s1. The molecule has 0 aromatic heterocycles.